The molecule has 0 radical (unpaired) electrons. The van der Waals surface area contributed by atoms with Crippen molar-refractivity contribution in [1.29, 1.82) is 0 Å². The summed E-state index contributed by atoms with van der Waals surface area (Å²) in [5.41, 5.74) is 3.24. The van der Waals surface area contributed by atoms with Crippen molar-refractivity contribution in [2.75, 3.05) is 6.61 Å². The van der Waals surface area contributed by atoms with Crippen molar-refractivity contribution in [3.63, 3.8) is 0 Å². The van der Waals surface area contributed by atoms with E-state index in [1.165, 1.54) is 11.1 Å². The lowest BCUT2D eigenvalue weighted by atomic mass is 10.00. The lowest BCUT2D eigenvalue weighted by Crippen LogP contribution is -2.02. The zero-order valence-corrected chi connectivity index (χ0v) is 12.1. The van der Waals surface area contributed by atoms with Crippen molar-refractivity contribution in [3.8, 4) is 5.75 Å². The van der Waals surface area contributed by atoms with E-state index in [1.807, 2.05) is 43.3 Å². The highest BCUT2D eigenvalue weighted by Crippen LogP contribution is 2.15. The van der Waals surface area contributed by atoms with E-state index < -0.39 is 0 Å². The molecule has 0 fully saturated rings. The van der Waals surface area contributed by atoms with Gasteiger partial charge in [-0.15, -0.1) is 0 Å². The Kier molecular flexibility index (Phi) is 4.94. The maximum absolute atomic E-state index is 12.2. The van der Waals surface area contributed by atoms with Gasteiger partial charge in [0.25, 0.3) is 0 Å². The molecule has 0 saturated carbocycles. The number of ketones is 1. The van der Waals surface area contributed by atoms with Gasteiger partial charge in [0.2, 0.25) is 0 Å². The van der Waals surface area contributed by atoms with Crippen LogP contribution in [0.4, 0.5) is 0 Å². The van der Waals surface area contributed by atoms with E-state index >= 15 is 0 Å². The molecule has 0 aromatic heterocycles. The highest BCUT2D eigenvalue weighted by atomic mass is 16.5. The second kappa shape index (κ2) is 6.90. The molecular weight excluding hydrogens is 248 g/mol. The summed E-state index contributed by atoms with van der Waals surface area (Å²) in [4.78, 5) is 12.2. The van der Waals surface area contributed by atoms with E-state index in [4.69, 9.17) is 4.74 Å². The molecule has 0 unspecified atom stereocenters. The van der Waals surface area contributed by atoms with Crippen LogP contribution in [0.15, 0.2) is 48.5 Å². The zero-order valence-electron chi connectivity index (χ0n) is 12.1. The van der Waals surface area contributed by atoms with Crippen LogP contribution in [-0.2, 0) is 6.42 Å². The summed E-state index contributed by atoms with van der Waals surface area (Å²) in [6.45, 7) is 4.67. The number of carbonyl (C=O) groups is 1. The normalized spacial score (nSPS) is 10.3. The minimum absolute atomic E-state index is 0.177. The maximum Gasteiger partial charge on any atom is 0.163 e. The molecule has 0 saturated heterocycles. The van der Waals surface area contributed by atoms with Crippen molar-refractivity contribution in [3.05, 3.63) is 65.2 Å². The molecule has 0 aliphatic carbocycles. The average molecular weight is 268 g/mol. The lowest BCUT2D eigenvalue weighted by molar-refractivity contribution is 0.0983. The Bertz CT molecular complexity index is 570. The second-order valence-electron chi connectivity index (χ2n) is 4.81. The predicted octanol–water partition coefficient (Wildman–Crippen LogP) is 4.21. The Morgan fingerprint density at radius 2 is 1.75 bits per heavy atom. The molecule has 2 aromatic carbocycles. The molecule has 104 valence electrons. The Hall–Kier alpha value is -2.09. The summed E-state index contributed by atoms with van der Waals surface area (Å²) < 4.78 is 5.37. The summed E-state index contributed by atoms with van der Waals surface area (Å²) in [5.74, 6) is 0.985. The van der Waals surface area contributed by atoms with Crippen LogP contribution in [0, 0.1) is 6.92 Å². The molecule has 0 bridgehead atoms. The van der Waals surface area contributed by atoms with E-state index in [2.05, 4.69) is 19.1 Å². The van der Waals surface area contributed by atoms with Crippen LogP contribution in [0.2, 0.25) is 0 Å². The Labute approximate surface area is 120 Å². The van der Waals surface area contributed by atoms with Crippen molar-refractivity contribution in [2.24, 2.45) is 0 Å². The quantitative estimate of drug-likeness (QED) is 0.734. The van der Waals surface area contributed by atoms with E-state index in [1.54, 1.807) is 0 Å². The summed E-state index contributed by atoms with van der Waals surface area (Å²) in [6, 6.07) is 15.6. The Morgan fingerprint density at radius 1 is 1.05 bits per heavy atom. The summed E-state index contributed by atoms with van der Waals surface area (Å²) in [6.07, 6.45) is 1.33. The first-order valence-corrected chi connectivity index (χ1v) is 7.01. The molecule has 0 N–H and O–H groups in total. The fourth-order valence-corrected chi connectivity index (χ4v) is 2.19. The monoisotopic (exact) mass is 268 g/mol. The van der Waals surface area contributed by atoms with Gasteiger partial charge in [-0.1, -0.05) is 24.3 Å². The van der Waals surface area contributed by atoms with Gasteiger partial charge in [0.1, 0.15) is 5.75 Å². The van der Waals surface area contributed by atoms with Gasteiger partial charge in [0, 0.05) is 12.0 Å². The van der Waals surface area contributed by atoms with Gasteiger partial charge in [-0.25, -0.2) is 0 Å². The van der Waals surface area contributed by atoms with Crippen LogP contribution >= 0.6 is 0 Å². The van der Waals surface area contributed by atoms with Gasteiger partial charge in [0.05, 0.1) is 6.61 Å². The minimum Gasteiger partial charge on any atom is -0.494 e. The predicted molar refractivity (Wildman–Crippen MR) is 81.4 cm³/mol. The molecule has 2 rings (SSSR count). The van der Waals surface area contributed by atoms with Crippen molar-refractivity contribution in [1.82, 2.24) is 0 Å². The van der Waals surface area contributed by atoms with Gasteiger partial charge in [-0.2, -0.15) is 0 Å². The second-order valence-corrected chi connectivity index (χ2v) is 4.81. The number of benzene rings is 2. The topological polar surface area (TPSA) is 26.3 Å². The van der Waals surface area contributed by atoms with E-state index in [9.17, 15) is 4.79 Å². The minimum atomic E-state index is 0.177. The van der Waals surface area contributed by atoms with Crippen molar-refractivity contribution in [2.45, 2.75) is 26.7 Å². The van der Waals surface area contributed by atoms with Gasteiger partial charge in [-0.3, -0.25) is 4.79 Å². The number of aryl methyl sites for hydroxylation is 2. The van der Waals surface area contributed by atoms with Crippen LogP contribution in [0.5, 0.6) is 5.75 Å². The molecular formula is C18H20O2. The van der Waals surface area contributed by atoms with Crippen LogP contribution in [0.3, 0.4) is 0 Å². The van der Waals surface area contributed by atoms with Crippen LogP contribution in [0.1, 0.15) is 34.8 Å². The Balaban J connectivity index is 1.96. The van der Waals surface area contributed by atoms with Gasteiger partial charge in [-0.05, 0) is 55.7 Å². The number of hydrogen-bond donors (Lipinski definition) is 0. The van der Waals surface area contributed by atoms with E-state index in [-0.39, 0.29) is 5.78 Å². The summed E-state index contributed by atoms with van der Waals surface area (Å²) in [5, 5.41) is 0. The fraction of sp³-hybridized carbons (Fsp3) is 0.278. The van der Waals surface area contributed by atoms with E-state index in [0.29, 0.717) is 13.0 Å². The molecule has 0 aliphatic heterocycles. The van der Waals surface area contributed by atoms with Crippen LogP contribution < -0.4 is 4.74 Å². The average Bonchev–Trinajstić information content (AvgIpc) is 2.47. The van der Waals surface area contributed by atoms with Crippen LogP contribution in [0.25, 0.3) is 0 Å². The smallest absolute Gasteiger partial charge is 0.163 e. The molecule has 0 amide bonds. The van der Waals surface area contributed by atoms with Crippen molar-refractivity contribution >= 4 is 5.78 Å². The number of ether oxygens (including phenoxy) is 1. The number of hydrogen-bond acceptors (Lipinski definition) is 2. The SMILES string of the molecule is CCOc1ccc(C(=O)CCc2ccccc2C)cc1. The molecule has 0 heterocycles. The largest absolute Gasteiger partial charge is 0.494 e. The number of rotatable bonds is 6. The third-order valence-electron chi connectivity index (χ3n) is 3.37. The highest BCUT2D eigenvalue weighted by Gasteiger charge is 2.07. The highest BCUT2D eigenvalue weighted by molar-refractivity contribution is 5.96. The molecule has 0 aliphatic rings. The number of carbonyl (C=O) groups excluding carboxylic acids is 1. The first-order valence-electron chi connectivity index (χ1n) is 7.01. The molecule has 2 nitrogen and oxygen atoms in total. The van der Waals surface area contributed by atoms with Crippen molar-refractivity contribution < 1.29 is 9.53 Å². The summed E-state index contributed by atoms with van der Waals surface area (Å²) in [7, 11) is 0. The molecule has 0 atom stereocenters. The third-order valence-corrected chi connectivity index (χ3v) is 3.37. The maximum atomic E-state index is 12.2. The fourth-order valence-electron chi connectivity index (χ4n) is 2.19. The van der Waals surface area contributed by atoms with E-state index in [0.717, 1.165) is 17.7 Å². The first kappa shape index (κ1) is 14.3. The molecule has 0 spiro atoms. The number of Topliss-reactive ketones (excluding diaryl/α,β-unsaturated/α-hetero) is 1. The Morgan fingerprint density at radius 3 is 2.40 bits per heavy atom. The molecule has 2 heteroatoms. The standard InChI is InChI=1S/C18H20O2/c1-3-20-17-11-8-16(9-12-17)18(19)13-10-15-7-5-4-6-14(15)2/h4-9,11-12H,3,10,13H2,1-2H3. The van der Waals surface area contributed by atoms with Gasteiger partial charge < -0.3 is 4.74 Å². The molecule has 2 aromatic rings. The van der Waals surface area contributed by atoms with Crippen LogP contribution in [-0.4, -0.2) is 12.4 Å². The lowest BCUT2D eigenvalue weighted by Gasteiger charge is -2.06. The first-order chi connectivity index (χ1) is 9.70. The molecule has 20 heavy (non-hydrogen) atoms. The van der Waals surface area contributed by atoms with Gasteiger partial charge >= 0.3 is 0 Å². The third kappa shape index (κ3) is 3.70. The zero-order chi connectivity index (χ0) is 14.4. The van der Waals surface area contributed by atoms with Gasteiger partial charge in [0.15, 0.2) is 5.78 Å². The summed E-state index contributed by atoms with van der Waals surface area (Å²) >= 11 is 0.